The Bertz CT molecular complexity index is 684. The van der Waals surface area contributed by atoms with E-state index in [1.54, 1.807) is 11.3 Å². The van der Waals surface area contributed by atoms with Crippen LogP contribution in [0, 0.1) is 27.7 Å². The lowest BCUT2D eigenvalue weighted by Gasteiger charge is -2.12. The second-order valence-corrected chi connectivity index (χ2v) is 7.39. The lowest BCUT2D eigenvalue weighted by molar-refractivity contribution is 0.780. The summed E-state index contributed by atoms with van der Waals surface area (Å²) in [5.74, 6) is 0.852. The molecular weight excluding hydrogens is 316 g/mol. The fourth-order valence-electron chi connectivity index (χ4n) is 2.60. The molecule has 5 heteroatoms. The number of hydrogen-bond acceptors (Lipinski definition) is 3. The van der Waals surface area contributed by atoms with E-state index in [9.17, 15) is 0 Å². The van der Waals surface area contributed by atoms with Gasteiger partial charge in [-0.05, 0) is 45.2 Å². The SMILES string of the molecule is CN=C(NCCc1nc(C)c(C)s1)NCCc1ccc(C)cc1C. The number of rotatable bonds is 6. The van der Waals surface area contributed by atoms with Gasteiger partial charge < -0.3 is 10.6 Å². The Hall–Kier alpha value is -1.88. The van der Waals surface area contributed by atoms with Crippen molar-refractivity contribution in [2.24, 2.45) is 4.99 Å². The van der Waals surface area contributed by atoms with Crippen LogP contribution in [0.4, 0.5) is 0 Å². The van der Waals surface area contributed by atoms with Crippen LogP contribution in [0.3, 0.4) is 0 Å². The van der Waals surface area contributed by atoms with Crippen molar-refractivity contribution in [2.75, 3.05) is 20.1 Å². The van der Waals surface area contributed by atoms with Gasteiger partial charge >= 0.3 is 0 Å². The van der Waals surface area contributed by atoms with Crippen LogP contribution < -0.4 is 10.6 Å². The molecule has 2 rings (SSSR count). The molecule has 0 radical (unpaired) electrons. The number of benzene rings is 1. The summed E-state index contributed by atoms with van der Waals surface area (Å²) in [5.41, 5.74) is 5.20. The Balaban J connectivity index is 1.74. The molecule has 2 aromatic rings. The average molecular weight is 345 g/mol. The van der Waals surface area contributed by atoms with Crippen molar-refractivity contribution in [1.82, 2.24) is 15.6 Å². The molecule has 0 saturated heterocycles. The standard InChI is InChI=1S/C19H28N4S/c1-13-6-7-17(14(2)12-13)8-10-21-19(20-5)22-11-9-18-23-15(3)16(4)24-18/h6-7,12H,8-11H2,1-5H3,(H2,20,21,22). The van der Waals surface area contributed by atoms with Crippen LogP contribution in [0.5, 0.6) is 0 Å². The highest BCUT2D eigenvalue weighted by atomic mass is 32.1. The molecule has 1 aromatic heterocycles. The van der Waals surface area contributed by atoms with Gasteiger partial charge in [-0.2, -0.15) is 0 Å². The van der Waals surface area contributed by atoms with Crippen molar-refractivity contribution in [2.45, 2.75) is 40.5 Å². The molecule has 1 aromatic carbocycles. The number of aromatic nitrogens is 1. The Labute approximate surface area is 149 Å². The number of hydrogen-bond donors (Lipinski definition) is 2. The number of nitrogens with one attached hydrogen (secondary N) is 2. The number of aliphatic imine (C=N–C) groups is 1. The third kappa shape index (κ3) is 5.34. The average Bonchev–Trinajstić information content (AvgIpc) is 2.86. The van der Waals surface area contributed by atoms with Crippen molar-refractivity contribution >= 4 is 17.3 Å². The zero-order valence-electron chi connectivity index (χ0n) is 15.4. The van der Waals surface area contributed by atoms with E-state index in [0.717, 1.165) is 37.6 Å². The van der Waals surface area contributed by atoms with Gasteiger partial charge in [0, 0.05) is 31.4 Å². The molecule has 0 atom stereocenters. The molecule has 0 fully saturated rings. The first-order chi connectivity index (χ1) is 11.5. The first-order valence-electron chi connectivity index (χ1n) is 8.43. The molecule has 1 heterocycles. The van der Waals surface area contributed by atoms with Crippen molar-refractivity contribution in [1.29, 1.82) is 0 Å². The maximum absolute atomic E-state index is 4.57. The fourth-order valence-corrected chi connectivity index (χ4v) is 3.53. The van der Waals surface area contributed by atoms with Gasteiger partial charge in [-0.25, -0.2) is 4.98 Å². The number of thiazole rings is 1. The van der Waals surface area contributed by atoms with Crippen LogP contribution in [0.15, 0.2) is 23.2 Å². The Morgan fingerprint density at radius 3 is 2.38 bits per heavy atom. The molecule has 0 aliphatic carbocycles. The molecule has 2 N–H and O–H groups in total. The highest BCUT2D eigenvalue weighted by Crippen LogP contribution is 2.16. The van der Waals surface area contributed by atoms with E-state index >= 15 is 0 Å². The zero-order chi connectivity index (χ0) is 17.5. The molecule has 0 saturated carbocycles. The topological polar surface area (TPSA) is 49.3 Å². The molecule has 4 nitrogen and oxygen atoms in total. The van der Waals surface area contributed by atoms with E-state index in [1.165, 1.54) is 26.6 Å². The maximum Gasteiger partial charge on any atom is 0.191 e. The molecule has 24 heavy (non-hydrogen) atoms. The molecule has 0 amide bonds. The summed E-state index contributed by atoms with van der Waals surface area (Å²) in [6, 6.07) is 6.63. The molecule has 0 aliphatic rings. The summed E-state index contributed by atoms with van der Waals surface area (Å²) in [6.07, 6.45) is 1.93. The minimum Gasteiger partial charge on any atom is -0.356 e. The zero-order valence-corrected chi connectivity index (χ0v) is 16.2. The van der Waals surface area contributed by atoms with Crippen LogP contribution in [0.2, 0.25) is 0 Å². The summed E-state index contributed by atoms with van der Waals surface area (Å²) in [4.78, 5) is 10.2. The Morgan fingerprint density at radius 1 is 1.08 bits per heavy atom. The third-order valence-corrected chi connectivity index (χ3v) is 5.25. The van der Waals surface area contributed by atoms with Crippen molar-refractivity contribution in [3.8, 4) is 0 Å². The van der Waals surface area contributed by atoms with Gasteiger partial charge in [0.15, 0.2) is 5.96 Å². The number of nitrogens with zero attached hydrogens (tertiary/aromatic N) is 2. The minimum atomic E-state index is 0.843. The summed E-state index contributed by atoms with van der Waals surface area (Å²) < 4.78 is 0. The second kappa shape index (κ2) is 8.83. The number of aryl methyl sites for hydroxylation is 4. The lowest BCUT2D eigenvalue weighted by Crippen LogP contribution is -2.39. The highest BCUT2D eigenvalue weighted by molar-refractivity contribution is 7.11. The van der Waals surface area contributed by atoms with Gasteiger partial charge in [0.25, 0.3) is 0 Å². The van der Waals surface area contributed by atoms with Gasteiger partial charge in [-0.3, -0.25) is 4.99 Å². The monoisotopic (exact) mass is 344 g/mol. The van der Waals surface area contributed by atoms with Crippen molar-refractivity contribution < 1.29 is 0 Å². The van der Waals surface area contributed by atoms with Crippen LogP contribution in [0.1, 0.15) is 32.3 Å². The van der Waals surface area contributed by atoms with E-state index in [4.69, 9.17) is 0 Å². The fraction of sp³-hybridized carbons (Fsp3) is 0.474. The first kappa shape index (κ1) is 18.5. The second-order valence-electron chi connectivity index (χ2n) is 6.10. The minimum absolute atomic E-state index is 0.843. The van der Waals surface area contributed by atoms with E-state index < -0.39 is 0 Å². The Morgan fingerprint density at radius 2 is 1.79 bits per heavy atom. The predicted molar refractivity (Wildman–Crippen MR) is 104 cm³/mol. The van der Waals surface area contributed by atoms with E-state index in [2.05, 4.69) is 66.5 Å². The predicted octanol–water partition coefficient (Wildman–Crippen LogP) is 3.33. The molecule has 0 spiro atoms. The smallest absolute Gasteiger partial charge is 0.191 e. The normalized spacial score (nSPS) is 11.6. The van der Waals surface area contributed by atoms with Crippen LogP contribution in [-0.4, -0.2) is 31.1 Å². The number of guanidine groups is 1. The molecule has 0 bridgehead atoms. The quantitative estimate of drug-likeness (QED) is 0.624. The molecule has 0 aliphatic heterocycles. The molecule has 0 unspecified atom stereocenters. The van der Waals surface area contributed by atoms with Crippen molar-refractivity contribution in [3.05, 3.63) is 50.5 Å². The summed E-state index contributed by atoms with van der Waals surface area (Å²) >= 11 is 1.78. The summed E-state index contributed by atoms with van der Waals surface area (Å²) in [7, 11) is 1.81. The van der Waals surface area contributed by atoms with Gasteiger partial charge in [0.05, 0.1) is 10.7 Å². The van der Waals surface area contributed by atoms with Gasteiger partial charge in [-0.15, -0.1) is 11.3 Å². The van der Waals surface area contributed by atoms with E-state index in [0.29, 0.717) is 0 Å². The van der Waals surface area contributed by atoms with Crippen LogP contribution >= 0.6 is 11.3 Å². The van der Waals surface area contributed by atoms with Gasteiger partial charge in [0.1, 0.15) is 0 Å². The van der Waals surface area contributed by atoms with Crippen LogP contribution in [0.25, 0.3) is 0 Å². The van der Waals surface area contributed by atoms with Crippen molar-refractivity contribution in [3.63, 3.8) is 0 Å². The largest absolute Gasteiger partial charge is 0.356 e. The highest BCUT2D eigenvalue weighted by Gasteiger charge is 2.04. The van der Waals surface area contributed by atoms with Crippen LogP contribution in [-0.2, 0) is 12.8 Å². The van der Waals surface area contributed by atoms with Gasteiger partial charge in [-0.1, -0.05) is 23.8 Å². The maximum atomic E-state index is 4.57. The lowest BCUT2D eigenvalue weighted by atomic mass is 10.0. The van der Waals surface area contributed by atoms with E-state index in [-0.39, 0.29) is 0 Å². The van der Waals surface area contributed by atoms with E-state index in [1.807, 2.05) is 7.05 Å². The first-order valence-corrected chi connectivity index (χ1v) is 9.25. The molecular formula is C19H28N4S. The van der Waals surface area contributed by atoms with Gasteiger partial charge in [0.2, 0.25) is 0 Å². The molecule has 130 valence electrons. The summed E-state index contributed by atoms with van der Waals surface area (Å²) in [5, 5.41) is 7.93. The Kier molecular flexibility index (Phi) is 6.79. The summed E-state index contributed by atoms with van der Waals surface area (Å²) in [6.45, 7) is 10.2. The third-order valence-electron chi connectivity index (χ3n) is 4.11.